The SMILES string of the molecule is CC(Cc1ccc(O)cc1)N1CCC2CCCCC21. The van der Waals surface area contributed by atoms with E-state index in [0.29, 0.717) is 11.8 Å². The van der Waals surface area contributed by atoms with Crippen molar-refractivity contribution in [3.8, 4) is 5.75 Å². The van der Waals surface area contributed by atoms with Crippen LogP contribution in [0.25, 0.3) is 0 Å². The van der Waals surface area contributed by atoms with E-state index in [1.165, 1.54) is 44.2 Å². The normalized spacial score (nSPS) is 29.1. The molecule has 3 rings (SSSR count). The van der Waals surface area contributed by atoms with Crippen molar-refractivity contribution in [1.29, 1.82) is 0 Å². The number of rotatable bonds is 3. The number of benzene rings is 1. The highest BCUT2D eigenvalue weighted by molar-refractivity contribution is 5.26. The summed E-state index contributed by atoms with van der Waals surface area (Å²) in [7, 11) is 0. The van der Waals surface area contributed by atoms with Gasteiger partial charge in [0.15, 0.2) is 0 Å². The maximum atomic E-state index is 9.35. The van der Waals surface area contributed by atoms with Gasteiger partial charge in [0, 0.05) is 12.1 Å². The molecule has 0 aromatic heterocycles. The molecule has 0 spiro atoms. The van der Waals surface area contributed by atoms with E-state index in [4.69, 9.17) is 0 Å². The predicted octanol–water partition coefficient (Wildman–Crippen LogP) is 3.59. The maximum Gasteiger partial charge on any atom is 0.115 e. The zero-order valence-electron chi connectivity index (χ0n) is 11.9. The highest BCUT2D eigenvalue weighted by Crippen LogP contribution is 2.37. The molecule has 104 valence electrons. The zero-order chi connectivity index (χ0) is 13.2. The van der Waals surface area contributed by atoms with Crippen LogP contribution in [0.4, 0.5) is 0 Å². The molecule has 3 unspecified atom stereocenters. The lowest BCUT2D eigenvalue weighted by Gasteiger charge is -2.35. The zero-order valence-corrected chi connectivity index (χ0v) is 11.9. The smallest absolute Gasteiger partial charge is 0.115 e. The van der Waals surface area contributed by atoms with Gasteiger partial charge in [-0.3, -0.25) is 4.90 Å². The lowest BCUT2D eigenvalue weighted by Crippen LogP contribution is -2.41. The predicted molar refractivity (Wildman–Crippen MR) is 78.3 cm³/mol. The monoisotopic (exact) mass is 259 g/mol. The minimum Gasteiger partial charge on any atom is -0.508 e. The summed E-state index contributed by atoms with van der Waals surface area (Å²) in [5, 5.41) is 9.35. The molecule has 2 aliphatic rings. The van der Waals surface area contributed by atoms with E-state index in [0.717, 1.165) is 18.4 Å². The Balaban J connectivity index is 1.63. The Labute approximate surface area is 116 Å². The van der Waals surface area contributed by atoms with Gasteiger partial charge in [-0.25, -0.2) is 0 Å². The molecule has 2 nitrogen and oxygen atoms in total. The number of hydrogen-bond donors (Lipinski definition) is 1. The molecular formula is C17H25NO. The average molecular weight is 259 g/mol. The summed E-state index contributed by atoms with van der Waals surface area (Å²) in [5.41, 5.74) is 1.34. The van der Waals surface area contributed by atoms with E-state index >= 15 is 0 Å². The van der Waals surface area contributed by atoms with Gasteiger partial charge in [0.2, 0.25) is 0 Å². The Kier molecular flexibility index (Phi) is 3.79. The van der Waals surface area contributed by atoms with E-state index in [1.807, 2.05) is 0 Å². The summed E-state index contributed by atoms with van der Waals surface area (Å²) >= 11 is 0. The molecule has 0 radical (unpaired) electrons. The van der Waals surface area contributed by atoms with Crippen LogP contribution < -0.4 is 0 Å². The van der Waals surface area contributed by atoms with Gasteiger partial charge in [-0.05, 0) is 62.8 Å². The Hall–Kier alpha value is -1.02. The topological polar surface area (TPSA) is 23.5 Å². The fraction of sp³-hybridized carbons (Fsp3) is 0.647. The fourth-order valence-corrected chi connectivity index (χ4v) is 4.08. The van der Waals surface area contributed by atoms with Crippen molar-refractivity contribution >= 4 is 0 Å². The van der Waals surface area contributed by atoms with Crippen molar-refractivity contribution < 1.29 is 5.11 Å². The Morgan fingerprint density at radius 1 is 1.16 bits per heavy atom. The molecule has 3 atom stereocenters. The standard InChI is InChI=1S/C17H25NO/c1-13(12-14-6-8-16(19)9-7-14)18-11-10-15-4-2-3-5-17(15)18/h6-9,13,15,17,19H,2-5,10-12H2,1H3. The number of phenolic OH excluding ortho intramolecular Hbond substituents is 1. The molecule has 1 saturated carbocycles. The Morgan fingerprint density at radius 2 is 1.89 bits per heavy atom. The van der Waals surface area contributed by atoms with Crippen LogP contribution in [0, 0.1) is 5.92 Å². The fourth-order valence-electron chi connectivity index (χ4n) is 4.08. The third-order valence-electron chi connectivity index (χ3n) is 5.09. The second-order valence-electron chi connectivity index (χ2n) is 6.36. The van der Waals surface area contributed by atoms with Crippen molar-refractivity contribution in [3.63, 3.8) is 0 Å². The van der Waals surface area contributed by atoms with Gasteiger partial charge in [0.1, 0.15) is 5.75 Å². The van der Waals surface area contributed by atoms with Crippen LogP contribution >= 0.6 is 0 Å². The van der Waals surface area contributed by atoms with Crippen LogP contribution in [0.1, 0.15) is 44.6 Å². The van der Waals surface area contributed by atoms with E-state index in [1.54, 1.807) is 12.1 Å². The van der Waals surface area contributed by atoms with E-state index in [2.05, 4.69) is 24.0 Å². The highest BCUT2D eigenvalue weighted by Gasteiger charge is 2.37. The largest absolute Gasteiger partial charge is 0.508 e. The van der Waals surface area contributed by atoms with Crippen LogP contribution in [-0.4, -0.2) is 28.6 Å². The van der Waals surface area contributed by atoms with Crippen molar-refractivity contribution in [2.24, 2.45) is 5.92 Å². The Bertz CT molecular complexity index is 414. The number of aromatic hydroxyl groups is 1. The molecule has 1 aromatic rings. The third kappa shape index (κ3) is 2.79. The number of nitrogens with zero attached hydrogens (tertiary/aromatic N) is 1. The number of phenols is 1. The average Bonchev–Trinajstić information content (AvgIpc) is 2.85. The molecule has 0 amide bonds. The van der Waals surface area contributed by atoms with Gasteiger partial charge < -0.3 is 5.11 Å². The molecule has 1 saturated heterocycles. The van der Waals surface area contributed by atoms with E-state index < -0.39 is 0 Å². The summed E-state index contributed by atoms with van der Waals surface area (Å²) < 4.78 is 0. The molecule has 2 fully saturated rings. The van der Waals surface area contributed by atoms with Crippen LogP contribution in [0.2, 0.25) is 0 Å². The molecule has 2 heteroatoms. The van der Waals surface area contributed by atoms with Gasteiger partial charge in [0.05, 0.1) is 0 Å². The van der Waals surface area contributed by atoms with Gasteiger partial charge in [0.25, 0.3) is 0 Å². The van der Waals surface area contributed by atoms with Crippen LogP contribution in [0.15, 0.2) is 24.3 Å². The van der Waals surface area contributed by atoms with Crippen molar-refractivity contribution in [2.45, 2.75) is 57.5 Å². The first-order chi connectivity index (χ1) is 9.24. The molecule has 1 aliphatic carbocycles. The number of fused-ring (bicyclic) bond motifs is 1. The van der Waals surface area contributed by atoms with Crippen LogP contribution in [-0.2, 0) is 6.42 Å². The minimum atomic E-state index is 0.366. The molecule has 19 heavy (non-hydrogen) atoms. The van der Waals surface area contributed by atoms with Gasteiger partial charge in [-0.15, -0.1) is 0 Å². The summed E-state index contributed by atoms with van der Waals surface area (Å²) in [6.07, 6.45) is 8.23. The van der Waals surface area contributed by atoms with E-state index in [-0.39, 0.29) is 0 Å². The highest BCUT2D eigenvalue weighted by atomic mass is 16.3. The molecule has 1 aromatic carbocycles. The molecule has 1 aliphatic heterocycles. The number of likely N-dealkylation sites (tertiary alicyclic amines) is 1. The summed E-state index contributed by atoms with van der Waals surface area (Å²) in [4.78, 5) is 2.75. The first kappa shape index (κ1) is 13.0. The van der Waals surface area contributed by atoms with Gasteiger partial charge in [-0.2, -0.15) is 0 Å². The quantitative estimate of drug-likeness (QED) is 0.896. The second-order valence-corrected chi connectivity index (χ2v) is 6.36. The minimum absolute atomic E-state index is 0.366. The van der Waals surface area contributed by atoms with Gasteiger partial charge >= 0.3 is 0 Å². The van der Waals surface area contributed by atoms with Gasteiger partial charge in [-0.1, -0.05) is 25.0 Å². The van der Waals surface area contributed by atoms with Crippen LogP contribution in [0.3, 0.4) is 0 Å². The van der Waals surface area contributed by atoms with Crippen molar-refractivity contribution in [2.75, 3.05) is 6.54 Å². The molecule has 1 heterocycles. The summed E-state index contributed by atoms with van der Waals surface area (Å²) in [5.74, 6) is 1.33. The lowest BCUT2D eigenvalue weighted by molar-refractivity contribution is 0.140. The molecule has 1 N–H and O–H groups in total. The summed E-state index contributed by atoms with van der Waals surface area (Å²) in [6.45, 7) is 3.65. The summed E-state index contributed by atoms with van der Waals surface area (Å²) in [6, 6.07) is 9.18. The lowest BCUT2D eigenvalue weighted by atomic mass is 9.85. The molecular weight excluding hydrogens is 234 g/mol. The van der Waals surface area contributed by atoms with Crippen LogP contribution in [0.5, 0.6) is 5.75 Å². The Morgan fingerprint density at radius 3 is 2.68 bits per heavy atom. The maximum absolute atomic E-state index is 9.35. The van der Waals surface area contributed by atoms with Crippen molar-refractivity contribution in [3.05, 3.63) is 29.8 Å². The number of hydrogen-bond acceptors (Lipinski definition) is 2. The molecule has 0 bridgehead atoms. The van der Waals surface area contributed by atoms with Crippen molar-refractivity contribution in [1.82, 2.24) is 4.90 Å². The second kappa shape index (κ2) is 5.54. The first-order valence-electron chi connectivity index (χ1n) is 7.77. The first-order valence-corrected chi connectivity index (χ1v) is 7.77. The van der Waals surface area contributed by atoms with E-state index in [9.17, 15) is 5.11 Å². The third-order valence-corrected chi connectivity index (χ3v) is 5.09.